The molecule has 3 rings (SSSR count). The minimum absolute atomic E-state index is 0.137. The van der Waals surface area contributed by atoms with Gasteiger partial charge in [0.1, 0.15) is 12.1 Å². The maximum atomic E-state index is 11.9. The van der Waals surface area contributed by atoms with Crippen LogP contribution in [0.3, 0.4) is 0 Å². The molecule has 0 fully saturated rings. The number of hydrogen-bond donors (Lipinski definition) is 2. The van der Waals surface area contributed by atoms with Crippen LogP contribution in [-0.4, -0.2) is 38.9 Å². The summed E-state index contributed by atoms with van der Waals surface area (Å²) in [4.78, 5) is 20.3. The predicted molar refractivity (Wildman–Crippen MR) is 89.8 cm³/mol. The first-order valence-corrected chi connectivity index (χ1v) is 8.49. The molecular formula is C14H13N5O2S2. The molecule has 0 aliphatic heterocycles. The van der Waals surface area contributed by atoms with E-state index >= 15 is 0 Å². The first kappa shape index (κ1) is 15.5. The number of H-pyrrole nitrogens is 1. The summed E-state index contributed by atoms with van der Waals surface area (Å²) >= 11 is 2.67. The van der Waals surface area contributed by atoms with Gasteiger partial charge in [0.15, 0.2) is 10.3 Å². The molecule has 2 N–H and O–H groups in total. The lowest BCUT2D eigenvalue weighted by Gasteiger charge is -2.01. The minimum atomic E-state index is -0.137. The first-order valence-electron chi connectivity index (χ1n) is 6.62. The van der Waals surface area contributed by atoms with Gasteiger partial charge in [-0.1, -0.05) is 11.8 Å². The minimum Gasteiger partial charge on any atom is -0.497 e. The molecular weight excluding hydrogens is 334 g/mol. The third-order valence-electron chi connectivity index (χ3n) is 2.87. The zero-order valence-corrected chi connectivity index (χ0v) is 13.8. The molecule has 7 nitrogen and oxygen atoms in total. The average molecular weight is 347 g/mol. The molecule has 0 unspecified atom stereocenters. The van der Waals surface area contributed by atoms with Crippen molar-refractivity contribution in [1.82, 2.24) is 20.2 Å². The molecule has 23 heavy (non-hydrogen) atoms. The van der Waals surface area contributed by atoms with E-state index in [2.05, 4.69) is 25.5 Å². The van der Waals surface area contributed by atoms with Crippen molar-refractivity contribution in [3.63, 3.8) is 0 Å². The lowest BCUT2D eigenvalue weighted by Crippen LogP contribution is -2.13. The number of aromatic nitrogens is 4. The monoisotopic (exact) mass is 347 g/mol. The van der Waals surface area contributed by atoms with Crippen molar-refractivity contribution in [2.24, 2.45) is 0 Å². The Morgan fingerprint density at radius 1 is 1.39 bits per heavy atom. The highest BCUT2D eigenvalue weighted by Crippen LogP contribution is 2.26. The second kappa shape index (κ2) is 7.25. The zero-order chi connectivity index (χ0) is 16.1. The van der Waals surface area contributed by atoms with Crippen LogP contribution in [0, 0.1) is 0 Å². The number of thiazole rings is 1. The van der Waals surface area contributed by atoms with Crippen LogP contribution in [0.25, 0.3) is 11.3 Å². The van der Waals surface area contributed by atoms with Gasteiger partial charge in [-0.05, 0) is 24.3 Å². The normalized spacial score (nSPS) is 10.5. The van der Waals surface area contributed by atoms with E-state index in [0.717, 1.165) is 17.0 Å². The standard InChI is InChI=1S/C14H13N5O2S2/c1-21-10-4-2-9(3-5-10)11-6-22-14(17-11)18-12(20)7-23-13-15-8-16-19-13/h2-6,8H,7H2,1H3,(H,15,16,19)(H,17,18,20). The van der Waals surface area contributed by atoms with E-state index < -0.39 is 0 Å². The SMILES string of the molecule is COc1ccc(-c2csc(NC(=O)CSc3ncn[nH]3)n2)cc1. The first-order chi connectivity index (χ1) is 11.2. The summed E-state index contributed by atoms with van der Waals surface area (Å²) in [5.41, 5.74) is 1.79. The summed E-state index contributed by atoms with van der Waals surface area (Å²) in [6, 6.07) is 7.61. The van der Waals surface area contributed by atoms with Crippen molar-refractivity contribution < 1.29 is 9.53 Å². The van der Waals surface area contributed by atoms with E-state index in [9.17, 15) is 4.79 Å². The largest absolute Gasteiger partial charge is 0.497 e. The third kappa shape index (κ3) is 4.08. The summed E-state index contributed by atoms with van der Waals surface area (Å²) in [6.07, 6.45) is 1.40. The van der Waals surface area contributed by atoms with E-state index in [1.807, 2.05) is 29.6 Å². The van der Waals surface area contributed by atoms with Gasteiger partial charge in [0.05, 0.1) is 18.6 Å². The number of carbonyl (C=O) groups is 1. The van der Waals surface area contributed by atoms with E-state index in [1.54, 1.807) is 7.11 Å². The topological polar surface area (TPSA) is 92.8 Å². The van der Waals surface area contributed by atoms with Crippen molar-refractivity contribution in [3.8, 4) is 17.0 Å². The molecule has 9 heteroatoms. The van der Waals surface area contributed by atoms with Crippen LogP contribution in [0.5, 0.6) is 5.75 Å². The molecule has 0 saturated carbocycles. The maximum absolute atomic E-state index is 11.9. The van der Waals surface area contributed by atoms with Gasteiger partial charge in [0, 0.05) is 10.9 Å². The molecule has 0 spiro atoms. The van der Waals surface area contributed by atoms with Crippen LogP contribution < -0.4 is 10.1 Å². The number of methoxy groups -OCH3 is 1. The van der Waals surface area contributed by atoms with Gasteiger partial charge in [0.2, 0.25) is 5.91 Å². The number of ether oxygens (including phenoxy) is 1. The molecule has 2 heterocycles. The number of amides is 1. The van der Waals surface area contributed by atoms with Crippen LogP contribution in [0.1, 0.15) is 0 Å². The van der Waals surface area contributed by atoms with Crippen molar-refractivity contribution >= 4 is 34.1 Å². The summed E-state index contributed by atoms with van der Waals surface area (Å²) in [6.45, 7) is 0. The number of hydrogen-bond acceptors (Lipinski definition) is 7. The zero-order valence-electron chi connectivity index (χ0n) is 12.1. The molecule has 0 aliphatic carbocycles. The van der Waals surface area contributed by atoms with Gasteiger partial charge >= 0.3 is 0 Å². The van der Waals surface area contributed by atoms with Crippen molar-refractivity contribution in [2.45, 2.75) is 5.16 Å². The van der Waals surface area contributed by atoms with Crippen LogP contribution in [-0.2, 0) is 4.79 Å². The summed E-state index contributed by atoms with van der Waals surface area (Å²) < 4.78 is 5.13. The third-order valence-corrected chi connectivity index (χ3v) is 4.50. The van der Waals surface area contributed by atoms with Gasteiger partial charge < -0.3 is 10.1 Å². The van der Waals surface area contributed by atoms with Crippen molar-refractivity contribution in [1.29, 1.82) is 0 Å². The van der Waals surface area contributed by atoms with Crippen LogP contribution in [0.2, 0.25) is 0 Å². The van der Waals surface area contributed by atoms with Crippen LogP contribution in [0.4, 0.5) is 5.13 Å². The number of nitrogens with zero attached hydrogens (tertiary/aromatic N) is 3. The number of carbonyl (C=O) groups excluding carboxylic acids is 1. The fraction of sp³-hybridized carbons (Fsp3) is 0.143. The molecule has 0 radical (unpaired) electrons. The van der Waals surface area contributed by atoms with Crippen molar-refractivity contribution in [2.75, 3.05) is 18.2 Å². The van der Waals surface area contributed by atoms with E-state index in [0.29, 0.717) is 10.3 Å². The number of thioether (sulfide) groups is 1. The second-order valence-electron chi connectivity index (χ2n) is 4.39. The molecule has 118 valence electrons. The average Bonchev–Trinajstić information content (AvgIpc) is 3.25. The lowest BCUT2D eigenvalue weighted by atomic mass is 10.2. The summed E-state index contributed by atoms with van der Waals surface area (Å²) in [5, 5.41) is 12.3. The Morgan fingerprint density at radius 2 is 2.22 bits per heavy atom. The van der Waals surface area contributed by atoms with E-state index in [4.69, 9.17) is 4.74 Å². The van der Waals surface area contributed by atoms with E-state index in [-0.39, 0.29) is 11.7 Å². The molecule has 2 aromatic heterocycles. The Balaban J connectivity index is 1.58. The molecule has 3 aromatic rings. The number of aromatic amines is 1. The van der Waals surface area contributed by atoms with Crippen LogP contribution >= 0.6 is 23.1 Å². The maximum Gasteiger partial charge on any atom is 0.236 e. The van der Waals surface area contributed by atoms with Crippen LogP contribution in [0.15, 0.2) is 41.1 Å². The Morgan fingerprint density at radius 3 is 2.91 bits per heavy atom. The molecule has 0 bridgehead atoms. The predicted octanol–water partition coefficient (Wildman–Crippen LogP) is 2.67. The fourth-order valence-corrected chi connectivity index (χ4v) is 3.09. The highest BCUT2D eigenvalue weighted by molar-refractivity contribution is 7.99. The van der Waals surface area contributed by atoms with Gasteiger partial charge in [-0.15, -0.1) is 11.3 Å². The van der Waals surface area contributed by atoms with Gasteiger partial charge in [-0.2, -0.15) is 5.10 Å². The van der Waals surface area contributed by atoms with Crippen molar-refractivity contribution in [3.05, 3.63) is 36.0 Å². The summed E-state index contributed by atoms with van der Waals surface area (Å²) in [7, 11) is 1.63. The molecule has 1 aromatic carbocycles. The fourth-order valence-electron chi connectivity index (χ4n) is 1.78. The van der Waals surface area contributed by atoms with Gasteiger partial charge in [-0.25, -0.2) is 9.97 Å². The number of anilines is 1. The molecule has 0 aliphatic rings. The second-order valence-corrected chi connectivity index (χ2v) is 6.22. The Bertz CT molecular complexity index is 771. The molecule has 1 amide bonds. The highest BCUT2D eigenvalue weighted by atomic mass is 32.2. The summed E-state index contributed by atoms with van der Waals surface area (Å²) in [5.74, 6) is 0.899. The van der Waals surface area contributed by atoms with E-state index in [1.165, 1.54) is 29.4 Å². The highest BCUT2D eigenvalue weighted by Gasteiger charge is 2.09. The Kier molecular flexibility index (Phi) is 4.89. The van der Waals surface area contributed by atoms with Gasteiger partial charge in [0.25, 0.3) is 0 Å². The van der Waals surface area contributed by atoms with Gasteiger partial charge in [-0.3, -0.25) is 9.89 Å². The molecule has 0 saturated heterocycles. The molecule has 0 atom stereocenters. The Labute approximate surface area is 140 Å². The Hall–Kier alpha value is -2.39. The lowest BCUT2D eigenvalue weighted by molar-refractivity contribution is -0.113. The number of nitrogens with one attached hydrogen (secondary N) is 2. The number of benzene rings is 1. The smallest absolute Gasteiger partial charge is 0.236 e. The quantitative estimate of drug-likeness (QED) is 0.666. The number of rotatable bonds is 6.